The van der Waals surface area contributed by atoms with Gasteiger partial charge in [-0.25, -0.2) is 15.0 Å². The quantitative estimate of drug-likeness (QED) is 0.158. The molecule has 4 nitrogen and oxygen atoms in total. The van der Waals surface area contributed by atoms with Gasteiger partial charge in [-0.15, -0.1) is 0 Å². The van der Waals surface area contributed by atoms with Crippen LogP contribution < -0.4 is 0 Å². The number of rotatable bonds is 6. The Kier molecular flexibility index (Phi) is 9.15. The van der Waals surface area contributed by atoms with Crippen LogP contribution in [0.1, 0.15) is 22.3 Å². The van der Waals surface area contributed by atoms with Crippen molar-refractivity contribution < 1.29 is 26.3 Å². The average molecular weight is 791 g/mol. The second-order valence-corrected chi connectivity index (χ2v) is 14.5. The number of benzene rings is 7. The minimum atomic E-state index is -5.05. The molecule has 0 N–H and O–H groups in total. The van der Waals surface area contributed by atoms with Crippen molar-refractivity contribution in [3.05, 3.63) is 180 Å². The van der Waals surface area contributed by atoms with Crippen LogP contribution in [-0.2, 0) is 12.4 Å². The van der Waals surface area contributed by atoms with Gasteiger partial charge in [0.05, 0.1) is 22.2 Å². The molecule has 0 unspecified atom stereocenters. The highest BCUT2D eigenvalue weighted by Crippen LogP contribution is 2.43. The summed E-state index contributed by atoms with van der Waals surface area (Å²) in [6.07, 6.45) is -10.1. The molecule has 0 atom stereocenters. The van der Waals surface area contributed by atoms with Crippen LogP contribution in [-0.4, -0.2) is 19.5 Å². The summed E-state index contributed by atoms with van der Waals surface area (Å²) in [5, 5.41) is 1.93. The minimum Gasteiger partial charge on any atom is -0.309 e. The molecule has 0 aliphatic carbocycles. The Bertz CT molecular complexity index is 2930. The van der Waals surface area contributed by atoms with Gasteiger partial charge in [-0.2, -0.15) is 26.3 Å². The van der Waals surface area contributed by atoms with E-state index in [1.54, 1.807) is 18.2 Å². The molecule has 7 aromatic carbocycles. The number of nitrogens with zero attached hydrogens (tertiary/aromatic N) is 4. The van der Waals surface area contributed by atoms with Crippen LogP contribution in [0.2, 0.25) is 0 Å². The number of hydrogen-bond donors (Lipinski definition) is 0. The molecule has 0 fully saturated rings. The van der Waals surface area contributed by atoms with Gasteiger partial charge in [-0.3, -0.25) is 0 Å². The number of fused-ring (bicyclic) bond motifs is 3. The number of para-hydroxylation sites is 1. The molecule has 0 radical (unpaired) electrons. The second-order valence-electron chi connectivity index (χ2n) is 14.5. The molecule has 0 saturated heterocycles. The molecular weight excluding hydrogens is 759 g/mol. The van der Waals surface area contributed by atoms with Gasteiger partial charge in [0.25, 0.3) is 0 Å². The van der Waals surface area contributed by atoms with Crippen molar-refractivity contribution in [3.8, 4) is 62.1 Å². The van der Waals surface area contributed by atoms with E-state index in [1.165, 1.54) is 0 Å². The van der Waals surface area contributed by atoms with E-state index >= 15 is 0 Å². The maximum absolute atomic E-state index is 14.3. The third-order valence-electron chi connectivity index (χ3n) is 10.3. The number of halogens is 6. The van der Waals surface area contributed by atoms with E-state index in [0.29, 0.717) is 16.8 Å². The molecule has 0 aliphatic rings. The summed E-state index contributed by atoms with van der Waals surface area (Å²) < 4.78 is 87.8. The van der Waals surface area contributed by atoms with E-state index in [4.69, 9.17) is 15.0 Å². The smallest absolute Gasteiger partial charge is 0.309 e. The maximum atomic E-state index is 14.3. The van der Waals surface area contributed by atoms with Crippen molar-refractivity contribution in [1.82, 2.24) is 19.5 Å². The van der Waals surface area contributed by atoms with Gasteiger partial charge in [0.2, 0.25) is 0 Å². The van der Waals surface area contributed by atoms with E-state index in [-0.39, 0.29) is 40.2 Å². The van der Waals surface area contributed by atoms with Crippen LogP contribution in [0.3, 0.4) is 0 Å². The molecule has 0 bridgehead atoms. The number of aromatic nitrogens is 4. The van der Waals surface area contributed by atoms with Crippen molar-refractivity contribution in [2.45, 2.75) is 26.2 Å². The monoisotopic (exact) mass is 790 g/mol. The first-order valence-electron chi connectivity index (χ1n) is 18.7. The number of hydrogen-bond acceptors (Lipinski definition) is 3. The lowest BCUT2D eigenvalue weighted by molar-refractivity contribution is -0.143. The molecule has 9 aromatic rings. The summed E-state index contributed by atoms with van der Waals surface area (Å²) in [4.78, 5) is 14.5. The van der Waals surface area contributed by atoms with Gasteiger partial charge in [-0.1, -0.05) is 126 Å². The molecular formula is C49H32F6N4. The second kappa shape index (κ2) is 14.4. The zero-order valence-corrected chi connectivity index (χ0v) is 31.6. The first-order valence-corrected chi connectivity index (χ1v) is 18.7. The molecule has 290 valence electrons. The fraction of sp³-hybridized carbons (Fsp3) is 0.0816. The van der Waals surface area contributed by atoms with E-state index in [2.05, 4.69) is 41.0 Å². The third-order valence-corrected chi connectivity index (χ3v) is 10.3. The Balaban J connectivity index is 1.36. The fourth-order valence-electron chi connectivity index (χ4n) is 7.72. The summed E-state index contributed by atoms with van der Waals surface area (Å²) in [7, 11) is 0. The Morgan fingerprint density at radius 3 is 1.53 bits per heavy atom. The van der Waals surface area contributed by atoms with Gasteiger partial charge >= 0.3 is 12.4 Å². The van der Waals surface area contributed by atoms with Crippen LogP contribution >= 0.6 is 0 Å². The van der Waals surface area contributed by atoms with Gasteiger partial charge in [0, 0.05) is 33.2 Å². The maximum Gasteiger partial charge on any atom is 0.416 e. The fourth-order valence-corrected chi connectivity index (χ4v) is 7.72. The van der Waals surface area contributed by atoms with Gasteiger partial charge in [-0.05, 0) is 78.6 Å². The zero-order chi connectivity index (χ0) is 41.1. The van der Waals surface area contributed by atoms with Crippen molar-refractivity contribution >= 4 is 21.8 Å². The molecule has 9 rings (SSSR count). The van der Waals surface area contributed by atoms with Crippen LogP contribution in [0.15, 0.2) is 158 Å². The van der Waals surface area contributed by atoms with E-state index in [1.807, 2.05) is 98.8 Å². The molecule has 59 heavy (non-hydrogen) atoms. The summed E-state index contributed by atoms with van der Waals surface area (Å²) in [6.45, 7) is 4.09. The van der Waals surface area contributed by atoms with Crippen LogP contribution in [0.25, 0.3) is 83.9 Å². The van der Waals surface area contributed by atoms with Crippen molar-refractivity contribution in [1.29, 1.82) is 0 Å². The first kappa shape index (κ1) is 37.5. The van der Waals surface area contributed by atoms with Crippen LogP contribution in [0.4, 0.5) is 26.3 Å². The lowest BCUT2D eigenvalue weighted by atomic mass is 9.94. The molecule has 0 spiro atoms. The Hall–Kier alpha value is -7.07. The predicted octanol–water partition coefficient (Wildman–Crippen LogP) is 14.0. The van der Waals surface area contributed by atoms with Crippen molar-refractivity contribution in [2.75, 3.05) is 0 Å². The average Bonchev–Trinajstić information content (AvgIpc) is 3.56. The molecule has 0 saturated carbocycles. The molecule has 2 heterocycles. The Morgan fingerprint density at radius 1 is 0.390 bits per heavy atom. The molecule has 0 aliphatic heterocycles. The zero-order valence-electron chi connectivity index (χ0n) is 31.6. The van der Waals surface area contributed by atoms with Gasteiger partial charge in [0.15, 0.2) is 17.5 Å². The van der Waals surface area contributed by atoms with E-state index in [9.17, 15) is 26.3 Å². The molecule has 0 amide bonds. The van der Waals surface area contributed by atoms with Crippen molar-refractivity contribution in [2.24, 2.45) is 0 Å². The number of alkyl halides is 6. The SMILES string of the molecule is Cc1cc(C)cc(-c2ccc3c4ccccc4n(-c4ccc(-c5cc(C(F)(F)F)cc(C(F)(F)F)c5)c(-c5nc(-c6ccccc6)nc(-c6ccccc6)n5)c4)c3c2)c1. The normalized spacial score (nSPS) is 12.1. The van der Waals surface area contributed by atoms with Gasteiger partial charge < -0.3 is 4.57 Å². The van der Waals surface area contributed by atoms with Gasteiger partial charge in [0.1, 0.15) is 0 Å². The highest BCUT2D eigenvalue weighted by molar-refractivity contribution is 6.10. The lowest BCUT2D eigenvalue weighted by Crippen LogP contribution is -2.11. The van der Waals surface area contributed by atoms with E-state index in [0.717, 1.165) is 56.2 Å². The first-order chi connectivity index (χ1) is 28.3. The van der Waals surface area contributed by atoms with Crippen LogP contribution in [0, 0.1) is 13.8 Å². The van der Waals surface area contributed by atoms with E-state index < -0.39 is 23.5 Å². The largest absolute Gasteiger partial charge is 0.416 e. The summed E-state index contributed by atoms with van der Waals surface area (Å²) in [5.41, 5.74) is 4.97. The van der Waals surface area contributed by atoms with Crippen LogP contribution in [0.5, 0.6) is 0 Å². The Labute approximate surface area is 335 Å². The standard InChI is InChI=1S/C49H32F6N4/c1-29-21-30(2)23-34(22-29)33-17-19-41-40-15-9-10-16-43(40)59(44(41)26-33)38-18-20-39(35-24-36(48(50,51)52)27-37(25-35)49(53,54)55)42(28-38)47-57-45(31-11-5-3-6-12-31)56-46(58-47)32-13-7-4-8-14-32/h3-28H,1-2H3. The lowest BCUT2D eigenvalue weighted by Gasteiger charge is -2.18. The minimum absolute atomic E-state index is 0.0669. The third kappa shape index (κ3) is 7.22. The Morgan fingerprint density at radius 2 is 0.932 bits per heavy atom. The summed E-state index contributed by atoms with van der Waals surface area (Å²) in [6, 6.07) is 45.3. The summed E-state index contributed by atoms with van der Waals surface area (Å²) in [5.74, 6) is 0.624. The summed E-state index contributed by atoms with van der Waals surface area (Å²) >= 11 is 0. The molecule has 10 heteroatoms. The number of aryl methyl sites for hydroxylation is 2. The topological polar surface area (TPSA) is 43.6 Å². The predicted molar refractivity (Wildman–Crippen MR) is 221 cm³/mol. The van der Waals surface area contributed by atoms with Crippen molar-refractivity contribution in [3.63, 3.8) is 0 Å². The highest BCUT2D eigenvalue weighted by Gasteiger charge is 2.37. The highest BCUT2D eigenvalue weighted by atomic mass is 19.4. The molecule has 2 aromatic heterocycles.